The fourth-order valence-electron chi connectivity index (χ4n) is 2.92. The second kappa shape index (κ2) is 7.17. The first-order valence-corrected chi connectivity index (χ1v) is 10.2. The van der Waals surface area contributed by atoms with Crippen LogP contribution in [0, 0.1) is 0 Å². The topological polar surface area (TPSA) is 76.9 Å². The minimum absolute atomic E-state index is 0.114. The van der Waals surface area contributed by atoms with Crippen molar-refractivity contribution in [2.45, 2.75) is 51.1 Å². The number of sulfonamides is 1. The van der Waals surface area contributed by atoms with Gasteiger partial charge in [0, 0.05) is 12.2 Å². The molecule has 2 heterocycles. The van der Waals surface area contributed by atoms with Gasteiger partial charge < -0.3 is 4.57 Å². The summed E-state index contributed by atoms with van der Waals surface area (Å²) in [5.74, 6) is 1.01. The average molecular weight is 372 g/mol. The van der Waals surface area contributed by atoms with Gasteiger partial charge in [-0.3, -0.25) is 0 Å². The summed E-state index contributed by atoms with van der Waals surface area (Å²) in [4.78, 5) is 9.17. The molecule has 3 rings (SSSR count). The summed E-state index contributed by atoms with van der Waals surface area (Å²) in [5.41, 5.74) is 2.63. The number of nitrogens with one attached hydrogen (secondary N) is 1. The van der Waals surface area contributed by atoms with Gasteiger partial charge in [0.15, 0.2) is 5.65 Å². The van der Waals surface area contributed by atoms with E-state index in [-0.39, 0.29) is 17.5 Å². The van der Waals surface area contributed by atoms with E-state index in [1.807, 2.05) is 42.7 Å². The lowest BCUT2D eigenvalue weighted by Gasteiger charge is -2.13. The molecule has 138 valence electrons. The summed E-state index contributed by atoms with van der Waals surface area (Å²) in [6.45, 7) is 8.32. The van der Waals surface area contributed by atoms with E-state index in [1.165, 1.54) is 0 Å². The van der Waals surface area contributed by atoms with Crippen LogP contribution in [-0.4, -0.2) is 23.0 Å². The zero-order valence-corrected chi connectivity index (χ0v) is 16.3. The number of hydrogen-bond donors (Lipinski definition) is 1. The van der Waals surface area contributed by atoms with Crippen molar-refractivity contribution in [2.75, 3.05) is 0 Å². The molecular formula is C19H24N4O2S. The number of aromatic nitrogens is 3. The molecule has 2 aromatic heterocycles. The number of pyridine rings is 1. The van der Waals surface area contributed by atoms with Gasteiger partial charge >= 0.3 is 0 Å². The first kappa shape index (κ1) is 18.5. The van der Waals surface area contributed by atoms with Gasteiger partial charge in [0.1, 0.15) is 11.3 Å². The maximum atomic E-state index is 12.6. The molecule has 26 heavy (non-hydrogen) atoms. The molecule has 0 bridgehead atoms. The van der Waals surface area contributed by atoms with E-state index in [4.69, 9.17) is 0 Å². The normalized spacial score (nSPS) is 12.4. The van der Waals surface area contributed by atoms with E-state index in [1.54, 1.807) is 18.3 Å². The van der Waals surface area contributed by atoms with Crippen LogP contribution in [0.2, 0.25) is 0 Å². The Morgan fingerprint density at radius 3 is 2.38 bits per heavy atom. The molecule has 7 heteroatoms. The lowest BCUT2D eigenvalue weighted by atomic mass is 10.0. The van der Waals surface area contributed by atoms with Gasteiger partial charge in [-0.2, -0.15) is 0 Å². The minimum atomic E-state index is -3.60. The molecule has 0 aliphatic carbocycles. The van der Waals surface area contributed by atoms with Crippen LogP contribution in [0.3, 0.4) is 0 Å². The number of imidazole rings is 1. The standard InChI is InChI=1S/C19H24N4O2S/c1-13(2)15-7-9-16(10-8-15)26(24,25)21-12-18-22-17-6-5-11-20-19(17)23(18)14(3)4/h5-11,13-14,21H,12H2,1-4H3. The van der Waals surface area contributed by atoms with Gasteiger partial charge in [-0.1, -0.05) is 26.0 Å². The maximum Gasteiger partial charge on any atom is 0.240 e. The van der Waals surface area contributed by atoms with Gasteiger partial charge in [0.25, 0.3) is 0 Å². The third kappa shape index (κ3) is 3.64. The highest BCUT2D eigenvalue weighted by atomic mass is 32.2. The number of rotatable bonds is 6. The molecule has 0 aliphatic heterocycles. The second-order valence-corrected chi connectivity index (χ2v) is 8.65. The Hall–Kier alpha value is -2.25. The fourth-order valence-corrected chi connectivity index (χ4v) is 3.90. The van der Waals surface area contributed by atoms with E-state index in [2.05, 4.69) is 28.5 Å². The Morgan fingerprint density at radius 2 is 1.77 bits per heavy atom. The van der Waals surface area contributed by atoms with Crippen LogP contribution in [0.5, 0.6) is 0 Å². The molecule has 6 nitrogen and oxygen atoms in total. The first-order valence-electron chi connectivity index (χ1n) is 8.71. The van der Waals surface area contributed by atoms with Crippen LogP contribution in [0.25, 0.3) is 11.2 Å². The van der Waals surface area contributed by atoms with Gasteiger partial charge in [0.2, 0.25) is 10.0 Å². The van der Waals surface area contributed by atoms with E-state index < -0.39 is 10.0 Å². The van der Waals surface area contributed by atoms with E-state index in [9.17, 15) is 8.42 Å². The van der Waals surface area contributed by atoms with Crippen molar-refractivity contribution < 1.29 is 8.42 Å². The van der Waals surface area contributed by atoms with Crippen LogP contribution in [0.4, 0.5) is 0 Å². The van der Waals surface area contributed by atoms with Crippen LogP contribution < -0.4 is 4.72 Å². The van der Waals surface area contributed by atoms with Gasteiger partial charge in [-0.05, 0) is 49.6 Å². The SMILES string of the molecule is CC(C)c1ccc(S(=O)(=O)NCc2nc3cccnc3n2C(C)C)cc1. The van der Waals surface area contributed by atoms with Crippen LogP contribution >= 0.6 is 0 Å². The van der Waals surface area contributed by atoms with E-state index in [0.717, 1.165) is 16.7 Å². The molecule has 1 N–H and O–H groups in total. The maximum absolute atomic E-state index is 12.6. The van der Waals surface area contributed by atoms with Crippen LogP contribution in [0.15, 0.2) is 47.5 Å². The summed E-state index contributed by atoms with van der Waals surface area (Å²) in [7, 11) is -3.60. The molecule has 0 atom stereocenters. The van der Waals surface area contributed by atoms with Gasteiger partial charge in [-0.25, -0.2) is 23.1 Å². The number of hydrogen-bond acceptors (Lipinski definition) is 4. The van der Waals surface area contributed by atoms with E-state index in [0.29, 0.717) is 11.7 Å². The molecule has 0 saturated heterocycles. The van der Waals surface area contributed by atoms with Crippen molar-refractivity contribution in [2.24, 2.45) is 0 Å². The lowest BCUT2D eigenvalue weighted by Crippen LogP contribution is -2.25. The summed E-state index contributed by atoms with van der Waals surface area (Å²) >= 11 is 0. The quantitative estimate of drug-likeness (QED) is 0.717. The van der Waals surface area contributed by atoms with Crippen LogP contribution in [-0.2, 0) is 16.6 Å². The highest BCUT2D eigenvalue weighted by molar-refractivity contribution is 7.89. The lowest BCUT2D eigenvalue weighted by molar-refractivity contribution is 0.556. The second-order valence-electron chi connectivity index (χ2n) is 6.89. The number of nitrogens with zero attached hydrogens (tertiary/aromatic N) is 3. The molecule has 1 aromatic carbocycles. The molecule has 3 aromatic rings. The predicted molar refractivity (Wildman–Crippen MR) is 102 cm³/mol. The summed E-state index contributed by atoms with van der Waals surface area (Å²) in [6.07, 6.45) is 1.72. The Balaban J connectivity index is 1.86. The minimum Gasteiger partial charge on any atom is -0.309 e. The third-order valence-corrected chi connectivity index (χ3v) is 5.73. The Kier molecular flexibility index (Phi) is 5.11. The van der Waals surface area contributed by atoms with Crippen molar-refractivity contribution >= 4 is 21.2 Å². The zero-order chi connectivity index (χ0) is 18.9. The summed E-state index contributed by atoms with van der Waals surface area (Å²) in [6, 6.07) is 10.8. The summed E-state index contributed by atoms with van der Waals surface area (Å²) < 4.78 is 29.9. The monoisotopic (exact) mass is 372 g/mol. The van der Waals surface area contributed by atoms with Crippen molar-refractivity contribution in [1.29, 1.82) is 0 Å². The van der Waals surface area contributed by atoms with E-state index >= 15 is 0 Å². The molecule has 0 saturated carbocycles. The summed E-state index contributed by atoms with van der Waals surface area (Å²) in [5, 5.41) is 0. The molecule has 0 fully saturated rings. The van der Waals surface area contributed by atoms with Crippen molar-refractivity contribution in [1.82, 2.24) is 19.3 Å². The highest BCUT2D eigenvalue weighted by Gasteiger charge is 2.18. The predicted octanol–water partition coefficient (Wildman–Crippen LogP) is 3.61. The molecular weight excluding hydrogens is 348 g/mol. The molecule has 0 amide bonds. The van der Waals surface area contributed by atoms with Crippen molar-refractivity contribution in [3.8, 4) is 0 Å². The fraction of sp³-hybridized carbons (Fsp3) is 0.368. The van der Waals surface area contributed by atoms with Crippen LogP contribution in [0.1, 0.15) is 51.0 Å². The number of fused-ring (bicyclic) bond motifs is 1. The largest absolute Gasteiger partial charge is 0.309 e. The third-order valence-electron chi connectivity index (χ3n) is 4.32. The Morgan fingerprint density at radius 1 is 1.08 bits per heavy atom. The van der Waals surface area contributed by atoms with Crippen molar-refractivity contribution in [3.05, 3.63) is 54.0 Å². The highest BCUT2D eigenvalue weighted by Crippen LogP contribution is 2.20. The number of benzene rings is 1. The van der Waals surface area contributed by atoms with Gasteiger partial charge in [0.05, 0.1) is 11.4 Å². The molecule has 0 aliphatic rings. The Bertz CT molecular complexity index is 1010. The average Bonchev–Trinajstić information content (AvgIpc) is 2.99. The molecule has 0 spiro atoms. The van der Waals surface area contributed by atoms with Gasteiger partial charge in [-0.15, -0.1) is 0 Å². The first-order chi connectivity index (χ1) is 12.3. The zero-order valence-electron chi connectivity index (χ0n) is 15.5. The molecule has 0 unspecified atom stereocenters. The van der Waals surface area contributed by atoms with Crippen molar-refractivity contribution in [3.63, 3.8) is 0 Å². The molecule has 0 radical (unpaired) electrons. The Labute approximate surface area is 154 Å². The smallest absolute Gasteiger partial charge is 0.240 e.